The Morgan fingerprint density at radius 1 is 1.26 bits per heavy atom. The van der Waals surface area contributed by atoms with Gasteiger partial charge in [0.15, 0.2) is 11.5 Å². The van der Waals surface area contributed by atoms with Gasteiger partial charge in [-0.3, -0.25) is 0 Å². The van der Waals surface area contributed by atoms with Gasteiger partial charge in [0.1, 0.15) is 0 Å². The highest BCUT2D eigenvalue weighted by Crippen LogP contribution is 2.28. The van der Waals surface area contributed by atoms with Crippen molar-refractivity contribution in [1.82, 2.24) is 5.32 Å². The third-order valence-corrected chi connectivity index (χ3v) is 3.05. The van der Waals surface area contributed by atoms with Crippen molar-refractivity contribution in [2.75, 3.05) is 20.3 Å². The van der Waals surface area contributed by atoms with Gasteiger partial charge in [0.05, 0.1) is 18.7 Å². The summed E-state index contributed by atoms with van der Waals surface area (Å²) in [5.74, 6) is 1.60. The molecule has 1 rings (SSSR count). The molecule has 0 atom stereocenters. The highest BCUT2D eigenvalue weighted by Gasteiger charge is 2.06. The fourth-order valence-corrected chi connectivity index (χ4v) is 1.99. The molecule has 4 heteroatoms. The number of benzene rings is 1. The molecule has 0 aliphatic rings. The highest BCUT2D eigenvalue weighted by molar-refractivity contribution is 7.80. The molecule has 0 heterocycles. The number of nitrogens with one attached hydrogen (secondary N) is 1. The van der Waals surface area contributed by atoms with Crippen molar-refractivity contribution in [3.8, 4) is 11.5 Å². The Hall–Kier alpha value is -1.29. The number of methoxy groups -OCH3 is 1. The third kappa shape index (κ3) is 5.47. The topological polar surface area (TPSA) is 30.5 Å². The fourth-order valence-electron chi connectivity index (χ4n) is 1.74. The number of thiocarbonyl (C=S) groups is 1. The normalized spacial score (nSPS) is 10.1. The van der Waals surface area contributed by atoms with E-state index in [4.69, 9.17) is 21.7 Å². The molecule has 1 N–H and O–H groups in total. The number of hydrogen-bond donors (Lipinski definition) is 1. The summed E-state index contributed by atoms with van der Waals surface area (Å²) in [6, 6.07) is 6.07. The van der Waals surface area contributed by atoms with Gasteiger partial charge in [-0.1, -0.05) is 25.2 Å². The standard InChI is InChI=1S/C15H23NO2S/c1-4-10-18-13-8-6-12(11-14(13)17-3)7-9-15(19)16-5-2/h6,8,11H,4-5,7,9-10H2,1-3H3,(H,16,19). The maximum atomic E-state index is 5.63. The molecule has 19 heavy (non-hydrogen) atoms. The summed E-state index contributed by atoms with van der Waals surface area (Å²) in [7, 11) is 1.67. The molecule has 0 aliphatic heterocycles. The lowest BCUT2D eigenvalue weighted by Crippen LogP contribution is -2.20. The molecule has 0 unspecified atom stereocenters. The molecule has 0 saturated carbocycles. The molecule has 1 aromatic rings. The Kier molecular flexibility index (Phi) is 7.26. The quantitative estimate of drug-likeness (QED) is 0.740. The van der Waals surface area contributed by atoms with E-state index in [1.54, 1.807) is 7.11 Å². The molecular weight excluding hydrogens is 258 g/mol. The lowest BCUT2D eigenvalue weighted by molar-refractivity contribution is 0.294. The Morgan fingerprint density at radius 3 is 2.68 bits per heavy atom. The van der Waals surface area contributed by atoms with Crippen LogP contribution in [0.4, 0.5) is 0 Å². The van der Waals surface area contributed by atoms with E-state index in [2.05, 4.69) is 25.2 Å². The van der Waals surface area contributed by atoms with E-state index in [1.165, 1.54) is 5.56 Å². The molecule has 0 aromatic heterocycles. The van der Waals surface area contributed by atoms with Crippen molar-refractivity contribution < 1.29 is 9.47 Å². The second kappa shape index (κ2) is 8.75. The third-order valence-electron chi connectivity index (χ3n) is 2.70. The first kappa shape index (κ1) is 15.8. The van der Waals surface area contributed by atoms with Crippen LogP contribution < -0.4 is 14.8 Å². The van der Waals surface area contributed by atoms with Gasteiger partial charge in [-0.05, 0) is 37.5 Å². The number of hydrogen-bond acceptors (Lipinski definition) is 3. The summed E-state index contributed by atoms with van der Waals surface area (Å²) in [4.78, 5) is 0.910. The van der Waals surface area contributed by atoms with Gasteiger partial charge in [0, 0.05) is 13.0 Å². The maximum absolute atomic E-state index is 5.63. The van der Waals surface area contributed by atoms with Crippen LogP contribution in [0.5, 0.6) is 11.5 Å². The Balaban J connectivity index is 2.63. The van der Waals surface area contributed by atoms with Crippen molar-refractivity contribution in [1.29, 1.82) is 0 Å². The van der Waals surface area contributed by atoms with E-state index >= 15 is 0 Å². The average molecular weight is 281 g/mol. The van der Waals surface area contributed by atoms with Crippen LogP contribution in [-0.2, 0) is 6.42 Å². The first-order valence-corrected chi connectivity index (χ1v) is 7.18. The molecule has 0 saturated heterocycles. The minimum absolute atomic E-state index is 0.709. The zero-order valence-electron chi connectivity index (χ0n) is 12.0. The first-order valence-electron chi connectivity index (χ1n) is 6.77. The molecular formula is C15H23NO2S. The minimum atomic E-state index is 0.709. The smallest absolute Gasteiger partial charge is 0.161 e. The SMILES string of the molecule is CCCOc1ccc(CCC(=S)NCC)cc1OC. The number of ether oxygens (including phenoxy) is 2. The van der Waals surface area contributed by atoms with Gasteiger partial charge in [-0.2, -0.15) is 0 Å². The van der Waals surface area contributed by atoms with Crippen LogP contribution in [0.15, 0.2) is 18.2 Å². The molecule has 106 valence electrons. The Morgan fingerprint density at radius 2 is 2.05 bits per heavy atom. The summed E-state index contributed by atoms with van der Waals surface area (Å²) < 4.78 is 11.0. The molecule has 0 spiro atoms. The van der Waals surface area contributed by atoms with Crippen LogP contribution in [0.25, 0.3) is 0 Å². The summed E-state index contributed by atoms with van der Waals surface area (Å²) in [6.45, 7) is 5.73. The van der Waals surface area contributed by atoms with E-state index in [1.807, 2.05) is 12.1 Å². The van der Waals surface area contributed by atoms with E-state index in [0.29, 0.717) is 6.61 Å². The molecule has 0 amide bonds. The van der Waals surface area contributed by atoms with Gasteiger partial charge in [0.2, 0.25) is 0 Å². The van der Waals surface area contributed by atoms with E-state index in [0.717, 1.165) is 42.3 Å². The average Bonchev–Trinajstić information content (AvgIpc) is 2.43. The van der Waals surface area contributed by atoms with Crippen LogP contribution in [0.3, 0.4) is 0 Å². The van der Waals surface area contributed by atoms with Crippen LogP contribution in [0, 0.1) is 0 Å². The Bertz CT molecular complexity index is 407. The monoisotopic (exact) mass is 281 g/mol. The van der Waals surface area contributed by atoms with Crippen LogP contribution in [0.2, 0.25) is 0 Å². The summed E-state index contributed by atoms with van der Waals surface area (Å²) in [5.41, 5.74) is 1.21. The van der Waals surface area contributed by atoms with Crippen molar-refractivity contribution in [2.24, 2.45) is 0 Å². The summed E-state index contributed by atoms with van der Waals surface area (Å²) in [6.07, 6.45) is 2.76. The molecule has 0 fully saturated rings. The highest BCUT2D eigenvalue weighted by atomic mass is 32.1. The first-order chi connectivity index (χ1) is 9.21. The van der Waals surface area contributed by atoms with Crippen LogP contribution in [-0.4, -0.2) is 25.2 Å². The van der Waals surface area contributed by atoms with Gasteiger partial charge in [-0.25, -0.2) is 0 Å². The number of rotatable bonds is 8. The van der Waals surface area contributed by atoms with E-state index < -0.39 is 0 Å². The Labute approximate surface area is 121 Å². The van der Waals surface area contributed by atoms with Gasteiger partial charge < -0.3 is 14.8 Å². The lowest BCUT2D eigenvalue weighted by atomic mass is 10.1. The summed E-state index contributed by atoms with van der Waals surface area (Å²) >= 11 is 5.23. The van der Waals surface area contributed by atoms with Crippen molar-refractivity contribution in [3.63, 3.8) is 0 Å². The van der Waals surface area contributed by atoms with Crippen molar-refractivity contribution in [3.05, 3.63) is 23.8 Å². The zero-order chi connectivity index (χ0) is 14.1. The molecule has 3 nitrogen and oxygen atoms in total. The van der Waals surface area contributed by atoms with Crippen LogP contribution in [0.1, 0.15) is 32.3 Å². The zero-order valence-corrected chi connectivity index (χ0v) is 12.8. The van der Waals surface area contributed by atoms with E-state index in [9.17, 15) is 0 Å². The second-order valence-corrected chi connectivity index (χ2v) is 4.78. The van der Waals surface area contributed by atoms with Gasteiger partial charge in [0.25, 0.3) is 0 Å². The molecule has 0 aliphatic carbocycles. The molecule has 0 radical (unpaired) electrons. The van der Waals surface area contributed by atoms with E-state index in [-0.39, 0.29) is 0 Å². The number of aryl methyl sites for hydroxylation is 1. The second-order valence-electron chi connectivity index (χ2n) is 4.29. The fraction of sp³-hybridized carbons (Fsp3) is 0.533. The van der Waals surface area contributed by atoms with Crippen molar-refractivity contribution >= 4 is 17.2 Å². The largest absolute Gasteiger partial charge is 0.493 e. The molecule has 1 aromatic carbocycles. The lowest BCUT2D eigenvalue weighted by Gasteiger charge is -2.12. The predicted octanol–water partition coefficient (Wildman–Crippen LogP) is 3.35. The summed E-state index contributed by atoms with van der Waals surface area (Å²) in [5, 5.41) is 3.16. The van der Waals surface area contributed by atoms with Crippen molar-refractivity contribution in [2.45, 2.75) is 33.1 Å². The van der Waals surface area contributed by atoms with Crippen LogP contribution >= 0.6 is 12.2 Å². The van der Waals surface area contributed by atoms with Gasteiger partial charge >= 0.3 is 0 Å². The minimum Gasteiger partial charge on any atom is -0.493 e. The van der Waals surface area contributed by atoms with Gasteiger partial charge in [-0.15, -0.1) is 0 Å². The predicted molar refractivity (Wildman–Crippen MR) is 83.4 cm³/mol. The maximum Gasteiger partial charge on any atom is 0.161 e. The molecule has 0 bridgehead atoms.